The monoisotopic (exact) mass is 530 g/mol. The van der Waals surface area contributed by atoms with Gasteiger partial charge in [0.2, 0.25) is 0 Å². The van der Waals surface area contributed by atoms with Gasteiger partial charge in [0.25, 0.3) is 0 Å². The molecule has 2 rings (SSSR count). The minimum absolute atomic E-state index is 0.198. The summed E-state index contributed by atoms with van der Waals surface area (Å²) in [7, 11) is 0. The average Bonchev–Trinajstić information content (AvgIpc) is 2.64. The van der Waals surface area contributed by atoms with Gasteiger partial charge in [0, 0.05) is 0 Å². The quantitative estimate of drug-likeness (QED) is 0.405. The number of carbonyl (C=O) groups is 2. The zero-order valence-corrected chi connectivity index (χ0v) is 16.6. The molecule has 0 fully saturated rings. The molecular weight excluding hydrogens is 520 g/mol. The van der Waals surface area contributed by atoms with E-state index in [0.29, 0.717) is 12.1 Å². The Morgan fingerprint density at radius 2 is 1.03 bits per heavy atom. The normalized spacial score (nSPS) is 12.6. The summed E-state index contributed by atoms with van der Waals surface area (Å²) in [4.78, 5) is 21.1. The van der Waals surface area contributed by atoms with Crippen molar-refractivity contribution in [3.8, 4) is 0 Å². The van der Waals surface area contributed by atoms with Crippen LogP contribution in [-0.4, -0.2) is 22.2 Å². The van der Waals surface area contributed by atoms with Gasteiger partial charge in [-0.25, -0.2) is 9.59 Å². The fourth-order valence-corrected chi connectivity index (χ4v) is 2.60. The molecule has 0 bridgehead atoms. The Morgan fingerprint density at radius 3 is 1.37 bits per heavy atom. The van der Waals surface area contributed by atoms with Crippen LogP contribution in [0.3, 0.4) is 0 Å². The van der Waals surface area contributed by atoms with E-state index in [-0.39, 0.29) is 18.2 Å². The van der Waals surface area contributed by atoms with Crippen LogP contribution in [0.15, 0.2) is 30.3 Å². The molecule has 0 spiro atoms. The van der Waals surface area contributed by atoms with Crippen molar-refractivity contribution in [2.24, 2.45) is 0 Å². The van der Waals surface area contributed by atoms with Crippen molar-refractivity contribution in [3.63, 3.8) is 0 Å². The summed E-state index contributed by atoms with van der Waals surface area (Å²) in [5.74, 6) is -3.86. The fourth-order valence-electron chi connectivity index (χ4n) is 2.60. The summed E-state index contributed by atoms with van der Waals surface area (Å²) in [5.41, 5.74) is -9.68. The van der Waals surface area contributed by atoms with Gasteiger partial charge in [-0.2, -0.15) is 52.7 Å². The maximum absolute atomic E-state index is 12.5. The predicted octanol–water partition coefficient (Wildman–Crippen LogP) is 7.15. The number of hydrogen-bond donors (Lipinski definition) is 2. The summed E-state index contributed by atoms with van der Waals surface area (Å²) < 4.78 is 148. The predicted molar refractivity (Wildman–Crippen MR) is 91.5 cm³/mol. The second-order valence-electron chi connectivity index (χ2n) is 6.58. The van der Waals surface area contributed by atoms with E-state index in [4.69, 9.17) is 10.2 Å². The maximum atomic E-state index is 12.5. The highest BCUT2D eigenvalue weighted by molar-refractivity contribution is 5.91. The van der Waals surface area contributed by atoms with Crippen molar-refractivity contribution in [1.29, 1.82) is 0 Å². The standard InChI is InChI=1S/C10H6F6O2.C9H4F6O2/c1-4-2-5(9(11,12)13)3-6(10(14,15)16)7(4)8(17)18;10-8(11,12)4-1-2-5(7(16)17)6(3-4)9(13,14)15/h2-3H,1H3,(H,17,18);1-3H,(H,16,17). The first kappa shape index (κ1) is 29.6. The van der Waals surface area contributed by atoms with Crippen LogP contribution in [0, 0.1) is 6.92 Å². The molecule has 0 amide bonds. The molecule has 2 aromatic carbocycles. The second-order valence-corrected chi connectivity index (χ2v) is 6.58. The SMILES string of the molecule is Cc1cc(C(F)(F)F)cc(C(F)(F)F)c1C(=O)O.O=C(O)c1ccc(C(F)(F)F)cc1C(F)(F)F. The van der Waals surface area contributed by atoms with E-state index in [1.807, 2.05) is 0 Å². The molecule has 4 nitrogen and oxygen atoms in total. The lowest BCUT2D eigenvalue weighted by Gasteiger charge is -2.16. The Kier molecular flexibility index (Phi) is 8.16. The molecule has 0 unspecified atom stereocenters. The molecule has 2 N–H and O–H groups in total. The summed E-state index contributed by atoms with van der Waals surface area (Å²) in [6.45, 7) is 0.883. The Labute approximate surface area is 186 Å². The lowest BCUT2D eigenvalue weighted by atomic mass is 9.97. The van der Waals surface area contributed by atoms with Gasteiger partial charge in [-0.1, -0.05) is 0 Å². The minimum Gasteiger partial charge on any atom is -0.478 e. The molecule has 0 saturated heterocycles. The van der Waals surface area contributed by atoms with Crippen molar-refractivity contribution in [3.05, 3.63) is 69.3 Å². The summed E-state index contributed by atoms with van der Waals surface area (Å²) >= 11 is 0. The van der Waals surface area contributed by atoms with E-state index in [1.54, 1.807) is 0 Å². The van der Waals surface area contributed by atoms with Crippen molar-refractivity contribution in [1.82, 2.24) is 0 Å². The third kappa shape index (κ3) is 7.51. The third-order valence-corrected chi connectivity index (χ3v) is 4.06. The molecule has 0 radical (unpaired) electrons. The van der Waals surface area contributed by atoms with Crippen molar-refractivity contribution < 1.29 is 72.5 Å². The second kappa shape index (κ2) is 9.65. The van der Waals surface area contributed by atoms with Gasteiger partial charge in [0.05, 0.1) is 33.4 Å². The Balaban J connectivity index is 0.000000351. The van der Waals surface area contributed by atoms with Crippen molar-refractivity contribution >= 4 is 11.9 Å². The van der Waals surface area contributed by atoms with Crippen molar-refractivity contribution in [2.75, 3.05) is 0 Å². The molecule has 0 aliphatic carbocycles. The Hall–Kier alpha value is -3.46. The topological polar surface area (TPSA) is 74.6 Å². The molecule has 2 aromatic rings. The number of alkyl halides is 12. The van der Waals surface area contributed by atoms with E-state index in [9.17, 15) is 62.3 Å². The summed E-state index contributed by atoms with van der Waals surface area (Å²) in [6.07, 6.45) is -20.3. The molecule has 0 atom stereocenters. The van der Waals surface area contributed by atoms with Gasteiger partial charge in [0.1, 0.15) is 0 Å². The number of rotatable bonds is 2. The first-order valence-corrected chi connectivity index (χ1v) is 8.52. The Bertz CT molecular complexity index is 1110. The lowest BCUT2D eigenvalue weighted by molar-refractivity contribution is -0.145. The van der Waals surface area contributed by atoms with Crippen LogP contribution in [0.1, 0.15) is 48.5 Å². The van der Waals surface area contributed by atoms with Crippen LogP contribution in [0.5, 0.6) is 0 Å². The number of aromatic carboxylic acids is 2. The zero-order valence-electron chi connectivity index (χ0n) is 16.6. The smallest absolute Gasteiger partial charge is 0.417 e. The molecular formula is C19H10F12O4. The largest absolute Gasteiger partial charge is 0.478 e. The molecule has 0 heterocycles. The van der Waals surface area contributed by atoms with Gasteiger partial charge in [0.15, 0.2) is 0 Å². The number of benzene rings is 2. The third-order valence-electron chi connectivity index (χ3n) is 4.06. The van der Waals surface area contributed by atoms with Gasteiger partial charge in [-0.15, -0.1) is 0 Å². The number of halogens is 12. The highest BCUT2D eigenvalue weighted by Crippen LogP contribution is 2.39. The van der Waals surface area contributed by atoms with Gasteiger partial charge < -0.3 is 10.2 Å². The summed E-state index contributed by atoms with van der Waals surface area (Å²) in [5, 5.41) is 17.1. The first-order chi connectivity index (χ1) is 15.5. The number of hydrogen-bond acceptors (Lipinski definition) is 2. The maximum Gasteiger partial charge on any atom is 0.417 e. The fraction of sp³-hybridized carbons (Fsp3) is 0.263. The average molecular weight is 530 g/mol. The molecule has 0 aliphatic rings. The molecule has 16 heteroatoms. The van der Waals surface area contributed by atoms with E-state index in [1.165, 1.54) is 0 Å². The van der Waals surface area contributed by atoms with Gasteiger partial charge in [-0.3, -0.25) is 0 Å². The lowest BCUT2D eigenvalue weighted by Crippen LogP contribution is -2.17. The molecule has 0 saturated carbocycles. The van der Waals surface area contributed by atoms with Gasteiger partial charge in [-0.05, 0) is 42.8 Å². The first-order valence-electron chi connectivity index (χ1n) is 8.52. The summed E-state index contributed by atoms with van der Waals surface area (Å²) in [6, 6.07) is 0.533. The molecule has 0 aliphatic heterocycles. The molecule has 0 aromatic heterocycles. The van der Waals surface area contributed by atoms with Crippen LogP contribution >= 0.6 is 0 Å². The highest BCUT2D eigenvalue weighted by atomic mass is 19.4. The van der Waals surface area contributed by atoms with Crippen LogP contribution in [0.4, 0.5) is 52.7 Å². The zero-order chi connectivity index (χ0) is 27.7. The molecule has 194 valence electrons. The van der Waals surface area contributed by atoms with Crippen LogP contribution in [0.2, 0.25) is 0 Å². The number of aryl methyl sites for hydroxylation is 1. The number of carboxylic acids is 2. The van der Waals surface area contributed by atoms with Crippen LogP contribution < -0.4 is 0 Å². The van der Waals surface area contributed by atoms with E-state index in [2.05, 4.69) is 0 Å². The highest BCUT2D eigenvalue weighted by Gasteiger charge is 2.41. The van der Waals surface area contributed by atoms with Crippen LogP contribution in [-0.2, 0) is 24.7 Å². The van der Waals surface area contributed by atoms with Crippen molar-refractivity contribution in [2.45, 2.75) is 31.6 Å². The number of carboxylic acid groups (broad SMARTS) is 2. The van der Waals surface area contributed by atoms with E-state index < -0.39 is 75.6 Å². The van der Waals surface area contributed by atoms with E-state index in [0.717, 1.165) is 6.92 Å². The van der Waals surface area contributed by atoms with Crippen LogP contribution in [0.25, 0.3) is 0 Å². The Morgan fingerprint density at radius 1 is 0.600 bits per heavy atom. The molecule has 35 heavy (non-hydrogen) atoms. The van der Waals surface area contributed by atoms with Gasteiger partial charge >= 0.3 is 36.6 Å². The minimum atomic E-state index is -5.17. The van der Waals surface area contributed by atoms with E-state index >= 15 is 0 Å².